The minimum Gasteiger partial charge on any atom is -0.358 e. The molecule has 1 amide bonds. The number of carbonyl (C=O) groups is 1. The topological polar surface area (TPSA) is 41.1 Å². The number of hydrogen-bond acceptors (Lipinski definition) is 2. The third-order valence-electron chi connectivity index (χ3n) is 4.74. The molecule has 3 nitrogen and oxygen atoms in total. The van der Waals surface area contributed by atoms with Crippen LogP contribution < -0.4 is 10.6 Å². The molecule has 2 unspecified atom stereocenters. The molecule has 2 atom stereocenters. The number of hydrogen-bond donors (Lipinski definition) is 2. The summed E-state index contributed by atoms with van der Waals surface area (Å²) in [5.74, 6) is 0.460. The van der Waals surface area contributed by atoms with Crippen molar-refractivity contribution in [2.75, 3.05) is 5.32 Å². The van der Waals surface area contributed by atoms with E-state index in [1.54, 1.807) is 0 Å². The van der Waals surface area contributed by atoms with Crippen LogP contribution in [0.5, 0.6) is 0 Å². The second kappa shape index (κ2) is 5.84. The van der Waals surface area contributed by atoms with Crippen LogP contribution in [-0.4, -0.2) is 6.41 Å². The van der Waals surface area contributed by atoms with Gasteiger partial charge in [0.25, 0.3) is 0 Å². The predicted octanol–water partition coefficient (Wildman–Crippen LogP) is 3.77. The van der Waals surface area contributed by atoms with Gasteiger partial charge in [0.05, 0.1) is 0 Å². The van der Waals surface area contributed by atoms with Gasteiger partial charge in [0, 0.05) is 28.9 Å². The Labute approximate surface area is 131 Å². The van der Waals surface area contributed by atoms with Gasteiger partial charge in [-0.2, -0.15) is 0 Å². The molecule has 0 saturated heterocycles. The maximum absolute atomic E-state index is 11.0. The average Bonchev–Trinajstić information content (AvgIpc) is 2.54. The van der Waals surface area contributed by atoms with Gasteiger partial charge in [-0.1, -0.05) is 44.2 Å². The zero-order valence-electron chi connectivity index (χ0n) is 13.3. The van der Waals surface area contributed by atoms with E-state index in [2.05, 4.69) is 54.8 Å². The average molecular weight is 294 g/mol. The highest BCUT2D eigenvalue weighted by atomic mass is 16.1. The highest BCUT2D eigenvalue weighted by Crippen LogP contribution is 2.43. The number of fused-ring (bicyclic) bond motifs is 1. The van der Waals surface area contributed by atoms with Crippen molar-refractivity contribution in [3.8, 4) is 0 Å². The Hall–Kier alpha value is -2.29. The standard InChI is InChI=1S/C19H22N2O/c1-4-7-15-12(2)16-10-14-8-5-6-9-17(14)21-19(16)13(3)18(15)20-11-22/h4-9,11-13,21H,10H2,1-3H3,(H,20,22)/b7-4-. The van der Waals surface area contributed by atoms with Crippen molar-refractivity contribution in [3.63, 3.8) is 0 Å². The quantitative estimate of drug-likeness (QED) is 0.833. The van der Waals surface area contributed by atoms with E-state index in [0.29, 0.717) is 5.92 Å². The summed E-state index contributed by atoms with van der Waals surface area (Å²) in [4.78, 5) is 11.0. The first kappa shape index (κ1) is 14.6. The van der Waals surface area contributed by atoms with Crippen LogP contribution in [0.4, 0.5) is 5.69 Å². The summed E-state index contributed by atoms with van der Waals surface area (Å²) in [6.07, 6.45) is 5.92. The first-order chi connectivity index (χ1) is 10.7. The zero-order valence-corrected chi connectivity index (χ0v) is 13.3. The molecule has 1 aromatic rings. The number of rotatable bonds is 3. The maximum atomic E-state index is 11.0. The lowest BCUT2D eigenvalue weighted by atomic mass is 9.75. The van der Waals surface area contributed by atoms with Gasteiger partial charge in [-0.25, -0.2) is 0 Å². The summed E-state index contributed by atoms with van der Waals surface area (Å²) in [6, 6.07) is 8.45. The fourth-order valence-electron chi connectivity index (χ4n) is 3.60. The monoisotopic (exact) mass is 294 g/mol. The predicted molar refractivity (Wildman–Crippen MR) is 90.2 cm³/mol. The first-order valence-corrected chi connectivity index (χ1v) is 7.82. The molecule has 0 saturated carbocycles. The Morgan fingerprint density at radius 3 is 2.73 bits per heavy atom. The van der Waals surface area contributed by atoms with E-state index < -0.39 is 0 Å². The van der Waals surface area contributed by atoms with Crippen LogP contribution in [0.1, 0.15) is 26.3 Å². The SMILES string of the molecule is C/C=C\C1=C(NC=O)C(C)C2=C(Cc3ccccc3N2)C1C. The van der Waals surface area contributed by atoms with E-state index in [4.69, 9.17) is 0 Å². The second-order valence-electron chi connectivity index (χ2n) is 5.97. The smallest absolute Gasteiger partial charge is 0.211 e. The molecule has 0 radical (unpaired) electrons. The number of allylic oxidation sites excluding steroid dienone is 4. The highest BCUT2D eigenvalue weighted by Gasteiger charge is 2.33. The van der Waals surface area contributed by atoms with E-state index in [1.807, 2.05) is 13.0 Å². The number of amides is 1. The lowest BCUT2D eigenvalue weighted by Crippen LogP contribution is -2.33. The van der Waals surface area contributed by atoms with Gasteiger partial charge in [0.1, 0.15) is 0 Å². The van der Waals surface area contributed by atoms with Gasteiger partial charge < -0.3 is 10.6 Å². The molecule has 0 spiro atoms. The summed E-state index contributed by atoms with van der Waals surface area (Å²) in [6.45, 7) is 6.39. The van der Waals surface area contributed by atoms with Crippen molar-refractivity contribution >= 4 is 12.1 Å². The van der Waals surface area contributed by atoms with E-state index in [9.17, 15) is 4.79 Å². The summed E-state index contributed by atoms with van der Waals surface area (Å²) < 4.78 is 0. The molecule has 1 heterocycles. The van der Waals surface area contributed by atoms with Gasteiger partial charge in [-0.15, -0.1) is 0 Å². The molecule has 2 N–H and O–H groups in total. The van der Waals surface area contributed by atoms with Crippen LogP contribution in [0.15, 0.2) is 59.0 Å². The molecule has 2 aliphatic rings. The summed E-state index contributed by atoms with van der Waals surface area (Å²) in [5.41, 5.74) is 7.40. The number of para-hydroxylation sites is 1. The summed E-state index contributed by atoms with van der Waals surface area (Å²) >= 11 is 0. The molecule has 0 bridgehead atoms. The van der Waals surface area contributed by atoms with Crippen LogP contribution in [0.3, 0.4) is 0 Å². The number of benzene rings is 1. The zero-order chi connectivity index (χ0) is 15.7. The van der Waals surface area contributed by atoms with Crippen molar-refractivity contribution in [1.29, 1.82) is 0 Å². The van der Waals surface area contributed by atoms with E-state index in [0.717, 1.165) is 18.5 Å². The lowest BCUT2D eigenvalue weighted by molar-refractivity contribution is -0.109. The molecule has 0 fully saturated rings. The highest BCUT2D eigenvalue weighted by molar-refractivity contribution is 5.65. The molecule has 0 aromatic heterocycles. The Kier molecular flexibility index (Phi) is 3.88. The molecule has 1 aromatic carbocycles. The van der Waals surface area contributed by atoms with Crippen molar-refractivity contribution in [3.05, 3.63) is 64.5 Å². The van der Waals surface area contributed by atoms with Gasteiger partial charge >= 0.3 is 0 Å². The van der Waals surface area contributed by atoms with E-state index in [1.165, 1.54) is 28.1 Å². The van der Waals surface area contributed by atoms with Gasteiger partial charge in [0.2, 0.25) is 6.41 Å². The number of anilines is 1. The van der Waals surface area contributed by atoms with Gasteiger partial charge in [-0.05, 0) is 36.1 Å². The molecular formula is C19H22N2O. The minimum atomic E-state index is 0.163. The van der Waals surface area contributed by atoms with Crippen molar-refractivity contribution in [1.82, 2.24) is 5.32 Å². The van der Waals surface area contributed by atoms with Crippen molar-refractivity contribution < 1.29 is 4.79 Å². The lowest BCUT2D eigenvalue weighted by Gasteiger charge is -2.38. The normalized spacial score (nSPS) is 24.0. The van der Waals surface area contributed by atoms with Crippen LogP contribution >= 0.6 is 0 Å². The molecule has 1 aliphatic carbocycles. The third-order valence-corrected chi connectivity index (χ3v) is 4.74. The Balaban J connectivity index is 2.06. The molecule has 3 rings (SSSR count). The minimum absolute atomic E-state index is 0.163. The summed E-state index contributed by atoms with van der Waals surface area (Å²) in [7, 11) is 0. The Morgan fingerprint density at radius 2 is 2.00 bits per heavy atom. The maximum Gasteiger partial charge on any atom is 0.211 e. The number of nitrogens with one attached hydrogen (secondary N) is 2. The fraction of sp³-hybridized carbons (Fsp3) is 0.316. The summed E-state index contributed by atoms with van der Waals surface area (Å²) in [5, 5.41) is 6.53. The molecule has 3 heteroatoms. The molecular weight excluding hydrogens is 272 g/mol. The molecule has 22 heavy (non-hydrogen) atoms. The van der Waals surface area contributed by atoms with E-state index >= 15 is 0 Å². The largest absolute Gasteiger partial charge is 0.358 e. The van der Waals surface area contributed by atoms with Crippen molar-refractivity contribution in [2.45, 2.75) is 27.2 Å². The van der Waals surface area contributed by atoms with Crippen LogP contribution in [0.2, 0.25) is 0 Å². The second-order valence-corrected chi connectivity index (χ2v) is 5.97. The third kappa shape index (κ3) is 2.27. The van der Waals surface area contributed by atoms with Crippen LogP contribution in [0, 0.1) is 11.8 Å². The Bertz CT molecular complexity index is 697. The van der Waals surface area contributed by atoms with Crippen LogP contribution in [0.25, 0.3) is 0 Å². The fourth-order valence-corrected chi connectivity index (χ4v) is 3.60. The first-order valence-electron chi connectivity index (χ1n) is 7.82. The van der Waals surface area contributed by atoms with Crippen molar-refractivity contribution in [2.24, 2.45) is 11.8 Å². The number of carbonyl (C=O) groups excluding carboxylic acids is 1. The molecule has 114 valence electrons. The Morgan fingerprint density at radius 1 is 1.23 bits per heavy atom. The molecule has 1 aliphatic heterocycles. The van der Waals surface area contributed by atoms with Gasteiger partial charge in [-0.3, -0.25) is 4.79 Å². The van der Waals surface area contributed by atoms with Gasteiger partial charge in [0.15, 0.2) is 0 Å². The van der Waals surface area contributed by atoms with Crippen LogP contribution in [-0.2, 0) is 11.2 Å². The van der Waals surface area contributed by atoms with E-state index in [-0.39, 0.29) is 5.92 Å².